The molecule has 0 radical (unpaired) electrons. The highest BCUT2D eigenvalue weighted by molar-refractivity contribution is 7.12. The van der Waals surface area contributed by atoms with Crippen molar-refractivity contribution < 1.29 is 13.5 Å². The standard InChI is InChI=1S/C15H17F2NOS/c1-3-18-8-13-6-11(10(2)20-13)9-19-15-7-12(16)4-5-14(15)17/h4-7,18H,3,8-9H2,1-2H3. The maximum absolute atomic E-state index is 13.4. The van der Waals surface area contributed by atoms with E-state index in [1.807, 2.05) is 13.0 Å². The van der Waals surface area contributed by atoms with Gasteiger partial charge in [0.05, 0.1) is 0 Å². The quantitative estimate of drug-likeness (QED) is 0.869. The predicted octanol–water partition coefficient (Wildman–Crippen LogP) is 4.02. The minimum Gasteiger partial charge on any atom is -0.486 e. The Hall–Kier alpha value is -1.46. The minimum absolute atomic E-state index is 0.0520. The van der Waals surface area contributed by atoms with Gasteiger partial charge in [-0.2, -0.15) is 0 Å². The molecule has 2 rings (SSSR count). The van der Waals surface area contributed by atoms with Crippen molar-refractivity contribution in [1.82, 2.24) is 5.32 Å². The van der Waals surface area contributed by atoms with Crippen molar-refractivity contribution in [3.05, 3.63) is 51.2 Å². The normalized spacial score (nSPS) is 10.8. The smallest absolute Gasteiger partial charge is 0.165 e. The van der Waals surface area contributed by atoms with E-state index in [0.29, 0.717) is 0 Å². The molecule has 0 amide bonds. The fraction of sp³-hybridized carbons (Fsp3) is 0.333. The van der Waals surface area contributed by atoms with Crippen molar-refractivity contribution in [2.45, 2.75) is 27.0 Å². The maximum atomic E-state index is 13.4. The van der Waals surface area contributed by atoms with Crippen LogP contribution in [0.25, 0.3) is 0 Å². The van der Waals surface area contributed by atoms with Crippen LogP contribution in [-0.2, 0) is 13.2 Å². The Morgan fingerprint density at radius 3 is 2.80 bits per heavy atom. The number of halogens is 2. The zero-order valence-electron chi connectivity index (χ0n) is 11.5. The number of hydrogen-bond donors (Lipinski definition) is 1. The van der Waals surface area contributed by atoms with Crippen LogP contribution in [0.4, 0.5) is 8.78 Å². The van der Waals surface area contributed by atoms with E-state index < -0.39 is 11.6 Å². The first-order valence-corrected chi connectivity index (χ1v) is 7.28. The first kappa shape index (κ1) is 14.9. The van der Waals surface area contributed by atoms with E-state index in [-0.39, 0.29) is 12.4 Å². The highest BCUT2D eigenvalue weighted by atomic mass is 32.1. The third kappa shape index (κ3) is 3.77. The number of ether oxygens (including phenoxy) is 1. The third-order valence-corrected chi connectivity index (χ3v) is 3.99. The Bertz CT molecular complexity index is 583. The molecule has 0 spiro atoms. The molecule has 0 atom stereocenters. The van der Waals surface area contributed by atoms with Crippen LogP contribution in [0.15, 0.2) is 24.3 Å². The summed E-state index contributed by atoms with van der Waals surface area (Å²) in [4.78, 5) is 2.34. The molecule has 20 heavy (non-hydrogen) atoms. The molecule has 1 aromatic carbocycles. The second-order valence-electron chi connectivity index (χ2n) is 4.44. The van der Waals surface area contributed by atoms with Crippen molar-refractivity contribution in [2.75, 3.05) is 6.54 Å². The molecule has 0 saturated carbocycles. The summed E-state index contributed by atoms with van der Waals surface area (Å²) in [6, 6.07) is 5.25. The number of aryl methyl sites for hydroxylation is 1. The lowest BCUT2D eigenvalue weighted by atomic mass is 10.2. The van der Waals surface area contributed by atoms with Crippen molar-refractivity contribution >= 4 is 11.3 Å². The molecule has 0 fully saturated rings. The van der Waals surface area contributed by atoms with E-state index in [2.05, 4.69) is 12.2 Å². The Labute approximate surface area is 121 Å². The van der Waals surface area contributed by atoms with Gasteiger partial charge in [0.1, 0.15) is 12.4 Å². The van der Waals surface area contributed by atoms with Crippen molar-refractivity contribution in [1.29, 1.82) is 0 Å². The van der Waals surface area contributed by atoms with Gasteiger partial charge in [-0.25, -0.2) is 8.78 Å². The molecule has 2 aromatic rings. The van der Waals surface area contributed by atoms with Crippen LogP contribution in [-0.4, -0.2) is 6.54 Å². The Morgan fingerprint density at radius 1 is 1.25 bits per heavy atom. The van der Waals surface area contributed by atoms with Gasteiger partial charge >= 0.3 is 0 Å². The number of benzene rings is 1. The Kier molecular flexibility index (Phi) is 5.09. The van der Waals surface area contributed by atoms with Crippen LogP contribution in [0, 0.1) is 18.6 Å². The van der Waals surface area contributed by atoms with Gasteiger partial charge in [0, 0.05) is 27.9 Å². The second kappa shape index (κ2) is 6.81. The van der Waals surface area contributed by atoms with Gasteiger partial charge in [-0.15, -0.1) is 11.3 Å². The van der Waals surface area contributed by atoms with Crippen molar-refractivity contribution in [3.63, 3.8) is 0 Å². The number of rotatable bonds is 6. The molecule has 5 heteroatoms. The average Bonchev–Trinajstić information content (AvgIpc) is 2.78. The van der Waals surface area contributed by atoms with E-state index in [1.54, 1.807) is 11.3 Å². The lowest BCUT2D eigenvalue weighted by molar-refractivity contribution is 0.288. The van der Waals surface area contributed by atoms with E-state index in [9.17, 15) is 8.78 Å². The summed E-state index contributed by atoms with van der Waals surface area (Å²) in [5.41, 5.74) is 1.01. The highest BCUT2D eigenvalue weighted by Gasteiger charge is 2.09. The molecule has 0 aliphatic heterocycles. The largest absolute Gasteiger partial charge is 0.486 e. The Morgan fingerprint density at radius 2 is 2.05 bits per heavy atom. The average molecular weight is 297 g/mol. The van der Waals surface area contributed by atoms with Crippen LogP contribution in [0.1, 0.15) is 22.2 Å². The maximum Gasteiger partial charge on any atom is 0.165 e. The zero-order chi connectivity index (χ0) is 14.5. The van der Waals surface area contributed by atoms with E-state index >= 15 is 0 Å². The first-order chi connectivity index (χ1) is 9.60. The summed E-state index contributed by atoms with van der Waals surface area (Å²) in [5.74, 6) is -1.10. The number of thiophene rings is 1. The summed E-state index contributed by atoms with van der Waals surface area (Å²) in [6.07, 6.45) is 0. The lowest BCUT2D eigenvalue weighted by Gasteiger charge is -2.06. The number of nitrogens with one attached hydrogen (secondary N) is 1. The first-order valence-electron chi connectivity index (χ1n) is 6.47. The fourth-order valence-electron chi connectivity index (χ4n) is 1.81. The molecule has 108 valence electrons. The second-order valence-corrected chi connectivity index (χ2v) is 5.78. The van der Waals surface area contributed by atoms with Crippen LogP contribution < -0.4 is 10.1 Å². The minimum atomic E-state index is -0.549. The molecule has 0 saturated heterocycles. The predicted molar refractivity (Wildman–Crippen MR) is 77.1 cm³/mol. The van der Waals surface area contributed by atoms with Crippen LogP contribution in [0.5, 0.6) is 5.75 Å². The zero-order valence-corrected chi connectivity index (χ0v) is 12.3. The number of hydrogen-bond acceptors (Lipinski definition) is 3. The SMILES string of the molecule is CCNCc1cc(COc2cc(F)ccc2F)c(C)s1. The van der Waals surface area contributed by atoms with Gasteiger partial charge in [-0.1, -0.05) is 6.92 Å². The van der Waals surface area contributed by atoms with E-state index in [4.69, 9.17) is 4.74 Å². The van der Waals surface area contributed by atoms with Gasteiger partial charge < -0.3 is 10.1 Å². The van der Waals surface area contributed by atoms with Gasteiger partial charge in [0.25, 0.3) is 0 Å². The molecular formula is C15H17F2NOS. The van der Waals surface area contributed by atoms with Crippen molar-refractivity contribution in [2.24, 2.45) is 0 Å². The molecular weight excluding hydrogens is 280 g/mol. The van der Waals surface area contributed by atoms with E-state index in [1.165, 1.54) is 4.88 Å². The highest BCUT2D eigenvalue weighted by Crippen LogP contribution is 2.24. The summed E-state index contributed by atoms with van der Waals surface area (Å²) in [6.45, 7) is 6.03. The fourth-order valence-corrected chi connectivity index (χ4v) is 2.83. The molecule has 0 aliphatic rings. The molecule has 0 bridgehead atoms. The summed E-state index contributed by atoms with van der Waals surface area (Å²) < 4.78 is 31.9. The third-order valence-electron chi connectivity index (χ3n) is 2.90. The van der Waals surface area contributed by atoms with Crippen molar-refractivity contribution in [3.8, 4) is 5.75 Å². The molecule has 1 heterocycles. The van der Waals surface area contributed by atoms with E-state index in [0.717, 1.165) is 41.7 Å². The van der Waals surface area contributed by atoms with Gasteiger partial charge in [0.15, 0.2) is 11.6 Å². The molecule has 0 aliphatic carbocycles. The van der Waals surface area contributed by atoms with Gasteiger partial charge in [-0.05, 0) is 31.7 Å². The summed E-state index contributed by atoms with van der Waals surface area (Å²) in [5, 5.41) is 3.26. The molecule has 0 unspecified atom stereocenters. The topological polar surface area (TPSA) is 21.3 Å². The molecule has 1 N–H and O–H groups in total. The van der Waals surface area contributed by atoms with Crippen LogP contribution in [0.2, 0.25) is 0 Å². The van der Waals surface area contributed by atoms with Crippen LogP contribution in [0.3, 0.4) is 0 Å². The Balaban J connectivity index is 2.03. The monoisotopic (exact) mass is 297 g/mol. The van der Waals surface area contributed by atoms with Crippen LogP contribution >= 0.6 is 11.3 Å². The van der Waals surface area contributed by atoms with Gasteiger partial charge in [-0.3, -0.25) is 0 Å². The molecule has 2 nitrogen and oxygen atoms in total. The van der Waals surface area contributed by atoms with Gasteiger partial charge in [0.2, 0.25) is 0 Å². The summed E-state index contributed by atoms with van der Waals surface area (Å²) in [7, 11) is 0. The molecule has 1 aromatic heterocycles. The lowest BCUT2D eigenvalue weighted by Crippen LogP contribution is -2.10. The summed E-state index contributed by atoms with van der Waals surface area (Å²) >= 11 is 1.69.